The van der Waals surface area contributed by atoms with Crippen LogP contribution >= 0.6 is 24.0 Å². The maximum atomic E-state index is 6.16. The van der Waals surface area contributed by atoms with E-state index in [2.05, 4.69) is 52.2 Å². The van der Waals surface area contributed by atoms with Gasteiger partial charge in [0.25, 0.3) is 0 Å². The molecular weight excluding hydrogens is 503 g/mol. The first kappa shape index (κ1) is 24.7. The second-order valence-corrected chi connectivity index (χ2v) is 9.10. The maximum absolute atomic E-state index is 6.16. The lowest BCUT2D eigenvalue weighted by Crippen LogP contribution is -2.59. The molecule has 0 radical (unpaired) electrons. The van der Waals surface area contributed by atoms with Gasteiger partial charge in [-0.1, -0.05) is 23.8 Å². The summed E-state index contributed by atoms with van der Waals surface area (Å²) in [5, 5.41) is 3.75. The van der Waals surface area contributed by atoms with Crippen LogP contribution in [0.1, 0.15) is 48.5 Å². The summed E-state index contributed by atoms with van der Waals surface area (Å²) in [6.45, 7) is 11.9. The van der Waals surface area contributed by atoms with Crippen LogP contribution in [0.3, 0.4) is 0 Å². The van der Waals surface area contributed by atoms with Gasteiger partial charge in [0.2, 0.25) is 0 Å². The molecule has 1 aromatic rings. The van der Waals surface area contributed by atoms with Gasteiger partial charge in [-0.05, 0) is 63.7 Å². The lowest BCUT2D eigenvalue weighted by molar-refractivity contribution is -0.0193. The molecule has 0 spiro atoms. The Morgan fingerprint density at radius 3 is 2.55 bits per heavy atom. The first-order chi connectivity index (χ1) is 14.6. The Hall–Kier alpha value is -0.900. The minimum absolute atomic E-state index is 0. The number of benzene rings is 1. The number of likely N-dealkylation sites (tertiary alicyclic amines) is 1. The summed E-state index contributed by atoms with van der Waals surface area (Å²) < 4.78 is 11.9. The van der Waals surface area contributed by atoms with Crippen molar-refractivity contribution in [1.29, 1.82) is 0 Å². The number of morpholine rings is 1. The summed E-state index contributed by atoms with van der Waals surface area (Å²) in [5.74, 6) is 0.998. The van der Waals surface area contributed by atoms with Gasteiger partial charge >= 0.3 is 0 Å². The molecule has 174 valence electrons. The predicted molar refractivity (Wildman–Crippen MR) is 137 cm³/mol. The summed E-state index contributed by atoms with van der Waals surface area (Å²) in [4.78, 5) is 9.71. The van der Waals surface area contributed by atoms with E-state index in [1.54, 1.807) is 0 Å². The van der Waals surface area contributed by atoms with E-state index in [4.69, 9.17) is 9.47 Å². The highest BCUT2D eigenvalue weighted by Gasteiger charge is 2.40. The number of aryl methyl sites for hydroxylation is 2. The highest BCUT2D eigenvalue weighted by Crippen LogP contribution is 2.31. The van der Waals surface area contributed by atoms with Gasteiger partial charge in [-0.2, -0.15) is 0 Å². The minimum Gasteiger partial charge on any atom is -0.381 e. The van der Waals surface area contributed by atoms with E-state index < -0.39 is 0 Å². The minimum atomic E-state index is 0. The SMILES string of the molecule is CN=C(NCC1(N2CCCC2)CCOCC1)N1CCOC(c2ccc(C)cc2C)C1.I. The number of nitrogens with one attached hydrogen (secondary N) is 1. The fraction of sp³-hybridized carbons (Fsp3) is 0.708. The van der Waals surface area contributed by atoms with E-state index in [-0.39, 0.29) is 35.6 Å². The molecular formula is C24H39IN4O2. The molecule has 1 atom stereocenters. The number of nitrogens with zero attached hydrogens (tertiary/aromatic N) is 3. The highest BCUT2D eigenvalue weighted by molar-refractivity contribution is 14.0. The van der Waals surface area contributed by atoms with Crippen molar-refractivity contribution < 1.29 is 9.47 Å². The molecule has 31 heavy (non-hydrogen) atoms. The maximum Gasteiger partial charge on any atom is 0.193 e. The van der Waals surface area contributed by atoms with Crippen molar-refractivity contribution in [1.82, 2.24) is 15.1 Å². The molecule has 3 fully saturated rings. The van der Waals surface area contributed by atoms with Crippen molar-refractivity contribution in [3.8, 4) is 0 Å². The molecule has 0 aromatic heterocycles. The average molecular weight is 543 g/mol. The Labute approximate surface area is 204 Å². The molecule has 3 heterocycles. The van der Waals surface area contributed by atoms with Gasteiger partial charge in [0, 0.05) is 38.9 Å². The molecule has 1 N–H and O–H groups in total. The monoisotopic (exact) mass is 542 g/mol. The molecule has 4 rings (SSSR count). The van der Waals surface area contributed by atoms with Crippen LogP contribution in [0.15, 0.2) is 23.2 Å². The third-order valence-corrected chi connectivity index (χ3v) is 7.13. The summed E-state index contributed by atoms with van der Waals surface area (Å²) in [6.07, 6.45) is 4.93. The Kier molecular flexibility index (Phi) is 9.01. The fourth-order valence-corrected chi connectivity index (χ4v) is 5.34. The number of guanidine groups is 1. The van der Waals surface area contributed by atoms with Gasteiger partial charge in [0.1, 0.15) is 6.10 Å². The highest BCUT2D eigenvalue weighted by atomic mass is 127. The van der Waals surface area contributed by atoms with Gasteiger partial charge in [-0.25, -0.2) is 0 Å². The molecule has 6 nitrogen and oxygen atoms in total. The van der Waals surface area contributed by atoms with E-state index >= 15 is 0 Å². The summed E-state index contributed by atoms with van der Waals surface area (Å²) in [5.41, 5.74) is 4.09. The van der Waals surface area contributed by atoms with Crippen molar-refractivity contribution in [3.63, 3.8) is 0 Å². The standard InChI is InChI=1S/C24H38N4O2.HI/c1-19-6-7-21(20(2)16-19)22-17-27(12-15-30-22)23(25-3)26-18-24(8-13-29-14-9-24)28-10-4-5-11-28;/h6-7,16,22H,4-5,8-15,17-18H2,1-3H3,(H,25,26);1H. The molecule has 0 amide bonds. The Morgan fingerprint density at radius 1 is 1.13 bits per heavy atom. The number of ether oxygens (including phenoxy) is 2. The third-order valence-electron chi connectivity index (χ3n) is 7.13. The van der Waals surface area contributed by atoms with Gasteiger partial charge in [0.05, 0.1) is 13.2 Å². The lowest BCUT2D eigenvalue weighted by atomic mass is 9.88. The largest absolute Gasteiger partial charge is 0.381 e. The Bertz CT molecular complexity index is 745. The van der Waals surface area contributed by atoms with Crippen LogP contribution in [0.2, 0.25) is 0 Å². The van der Waals surface area contributed by atoms with Gasteiger partial charge in [-0.15, -0.1) is 24.0 Å². The van der Waals surface area contributed by atoms with E-state index in [1.165, 1.54) is 42.6 Å². The molecule has 3 aliphatic rings. The van der Waals surface area contributed by atoms with Crippen molar-refractivity contribution >= 4 is 29.9 Å². The second-order valence-electron chi connectivity index (χ2n) is 9.10. The zero-order chi connectivity index (χ0) is 21.0. The predicted octanol–water partition coefficient (Wildman–Crippen LogP) is 3.52. The van der Waals surface area contributed by atoms with Crippen LogP contribution in [0, 0.1) is 13.8 Å². The third kappa shape index (κ3) is 5.72. The molecule has 3 aliphatic heterocycles. The Morgan fingerprint density at radius 2 is 1.87 bits per heavy atom. The topological polar surface area (TPSA) is 49.3 Å². The van der Waals surface area contributed by atoms with Crippen LogP contribution in [0.4, 0.5) is 0 Å². The molecule has 0 bridgehead atoms. The normalized spacial score (nSPS) is 24.7. The molecule has 7 heteroatoms. The van der Waals surface area contributed by atoms with E-state index in [9.17, 15) is 0 Å². The van der Waals surface area contributed by atoms with Gasteiger partial charge in [-0.3, -0.25) is 9.89 Å². The van der Waals surface area contributed by atoms with Gasteiger partial charge < -0.3 is 19.7 Å². The quantitative estimate of drug-likeness (QED) is 0.359. The zero-order valence-electron chi connectivity index (χ0n) is 19.4. The zero-order valence-corrected chi connectivity index (χ0v) is 21.7. The van der Waals surface area contributed by atoms with Crippen LogP contribution in [-0.2, 0) is 9.47 Å². The summed E-state index contributed by atoms with van der Waals surface area (Å²) in [7, 11) is 1.90. The summed E-state index contributed by atoms with van der Waals surface area (Å²) in [6, 6.07) is 6.65. The van der Waals surface area contributed by atoms with Crippen molar-refractivity contribution in [2.24, 2.45) is 4.99 Å². The number of hydrogen-bond acceptors (Lipinski definition) is 4. The first-order valence-corrected chi connectivity index (χ1v) is 11.6. The Balaban J connectivity index is 0.00000272. The van der Waals surface area contributed by atoms with Crippen LogP contribution in [0.5, 0.6) is 0 Å². The number of hydrogen-bond donors (Lipinski definition) is 1. The van der Waals surface area contributed by atoms with Crippen LogP contribution in [-0.4, -0.2) is 80.9 Å². The van der Waals surface area contributed by atoms with Gasteiger partial charge in [0.15, 0.2) is 5.96 Å². The fourth-order valence-electron chi connectivity index (χ4n) is 5.34. The number of halogens is 1. The van der Waals surface area contributed by atoms with E-state index in [1.807, 2.05) is 7.05 Å². The average Bonchev–Trinajstić information content (AvgIpc) is 3.31. The smallest absolute Gasteiger partial charge is 0.193 e. The molecule has 0 aliphatic carbocycles. The molecule has 1 unspecified atom stereocenters. The second kappa shape index (κ2) is 11.3. The van der Waals surface area contributed by atoms with Crippen LogP contribution < -0.4 is 5.32 Å². The van der Waals surface area contributed by atoms with Crippen molar-refractivity contribution in [3.05, 3.63) is 34.9 Å². The van der Waals surface area contributed by atoms with E-state index in [0.29, 0.717) is 0 Å². The molecule has 0 saturated carbocycles. The number of rotatable bonds is 4. The molecule has 3 saturated heterocycles. The van der Waals surface area contributed by atoms with Crippen molar-refractivity contribution in [2.45, 2.75) is 51.2 Å². The lowest BCUT2D eigenvalue weighted by Gasteiger charge is -2.45. The van der Waals surface area contributed by atoms with E-state index in [0.717, 1.165) is 58.3 Å². The number of aliphatic imine (C=N–C) groups is 1. The molecule has 1 aromatic carbocycles. The first-order valence-electron chi connectivity index (χ1n) is 11.6. The van der Waals surface area contributed by atoms with Crippen LogP contribution in [0.25, 0.3) is 0 Å². The summed E-state index contributed by atoms with van der Waals surface area (Å²) >= 11 is 0. The van der Waals surface area contributed by atoms with Crippen molar-refractivity contribution in [2.75, 3.05) is 59.6 Å².